The van der Waals surface area contributed by atoms with E-state index in [0.29, 0.717) is 34.4 Å². The summed E-state index contributed by atoms with van der Waals surface area (Å²) in [5, 5.41) is 0.365. The van der Waals surface area contributed by atoms with Gasteiger partial charge in [-0.05, 0) is 61.7 Å². The summed E-state index contributed by atoms with van der Waals surface area (Å²) in [6.45, 7) is 3.02. The summed E-state index contributed by atoms with van der Waals surface area (Å²) in [5.41, 5.74) is 0.315. The SMILES string of the molecule is CCCCCCCCCCOc1ccc(C(=O)Oc2ccc(OC(=O)[C@H]3COC4(CCCCC4)O3)cc2)cc1Cl. The van der Waals surface area contributed by atoms with Crippen molar-refractivity contribution in [3.8, 4) is 17.2 Å². The van der Waals surface area contributed by atoms with Crippen LogP contribution < -0.4 is 14.2 Å². The Morgan fingerprint density at radius 1 is 0.875 bits per heavy atom. The monoisotopic (exact) mass is 572 g/mol. The summed E-state index contributed by atoms with van der Waals surface area (Å²) in [4.78, 5) is 25.2. The number of benzene rings is 2. The Bertz CT molecular complexity index is 1090. The number of hydrogen-bond acceptors (Lipinski definition) is 7. The van der Waals surface area contributed by atoms with Crippen LogP contribution in [0.4, 0.5) is 0 Å². The Morgan fingerprint density at radius 2 is 1.52 bits per heavy atom. The fourth-order valence-corrected chi connectivity index (χ4v) is 5.35. The molecule has 1 saturated heterocycles. The highest BCUT2D eigenvalue weighted by atomic mass is 35.5. The first-order valence-electron chi connectivity index (χ1n) is 14.8. The summed E-state index contributed by atoms with van der Waals surface area (Å²) >= 11 is 6.36. The topological polar surface area (TPSA) is 80.3 Å². The highest BCUT2D eigenvalue weighted by Crippen LogP contribution is 2.38. The normalized spacial score (nSPS) is 18.0. The standard InChI is InChI=1S/C32H41ClO7/c1-2-3-4-5-6-7-8-12-21-36-28-18-13-24(22-27(28)33)30(34)38-25-14-16-26(17-15-25)39-31(35)29-23-37-32(40-29)19-10-9-11-20-32/h13-18,22,29H,2-12,19-21,23H2,1H3/t29-/m1/s1. The molecule has 1 aliphatic carbocycles. The molecule has 0 radical (unpaired) electrons. The van der Waals surface area contributed by atoms with Gasteiger partial charge in [0.15, 0.2) is 11.9 Å². The minimum Gasteiger partial charge on any atom is -0.492 e. The maximum Gasteiger partial charge on any atom is 0.343 e. The van der Waals surface area contributed by atoms with Crippen LogP contribution >= 0.6 is 11.6 Å². The molecular weight excluding hydrogens is 532 g/mol. The van der Waals surface area contributed by atoms with E-state index < -0.39 is 23.8 Å². The van der Waals surface area contributed by atoms with Crippen molar-refractivity contribution in [2.45, 2.75) is 102 Å². The number of carbonyl (C=O) groups is 2. The van der Waals surface area contributed by atoms with Crippen LogP contribution in [0.5, 0.6) is 17.2 Å². The third-order valence-electron chi connectivity index (χ3n) is 7.41. The maximum atomic E-state index is 12.7. The van der Waals surface area contributed by atoms with E-state index >= 15 is 0 Å². The second-order valence-corrected chi connectivity index (χ2v) is 11.0. The van der Waals surface area contributed by atoms with E-state index in [9.17, 15) is 9.59 Å². The quantitative estimate of drug-likeness (QED) is 0.129. The minimum atomic E-state index is -0.743. The Balaban J connectivity index is 1.18. The van der Waals surface area contributed by atoms with Gasteiger partial charge in [0.05, 0.1) is 23.8 Å². The Labute approximate surface area is 242 Å². The van der Waals surface area contributed by atoms with Crippen LogP contribution in [0, 0.1) is 0 Å². The number of halogens is 1. The smallest absolute Gasteiger partial charge is 0.343 e. The van der Waals surface area contributed by atoms with E-state index in [1.807, 2.05) is 0 Å². The van der Waals surface area contributed by atoms with Crippen LogP contribution in [-0.2, 0) is 14.3 Å². The number of hydrogen-bond donors (Lipinski definition) is 0. The predicted molar refractivity (Wildman–Crippen MR) is 153 cm³/mol. The molecule has 2 aromatic rings. The molecule has 1 aliphatic heterocycles. The lowest BCUT2D eigenvalue weighted by Crippen LogP contribution is -2.35. The lowest BCUT2D eigenvalue weighted by atomic mass is 9.94. The summed E-state index contributed by atoms with van der Waals surface area (Å²) in [7, 11) is 0. The molecule has 4 rings (SSSR count). The molecule has 218 valence electrons. The molecule has 1 atom stereocenters. The molecule has 1 heterocycles. The van der Waals surface area contributed by atoms with Crippen molar-refractivity contribution in [3.05, 3.63) is 53.1 Å². The van der Waals surface area contributed by atoms with Crippen molar-refractivity contribution in [2.75, 3.05) is 13.2 Å². The number of ether oxygens (including phenoxy) is 5. The lowest BCUT2D eigenvalue weighted by molar-refractivity contribution is -0.193. The summed E-state index contributed by atoms with van der Waals surface area (Å²) in [6, 6.07) is 11.2. The average Bonchev–Trinajstić information content (AvgIpc) is 3.37. The molecule has 8 heteroatoms. The third kappa shape index (κ3) is 8.95. The number of rotatable bonds is 14. The molecule has 0 unspecified atom stereocenters. The van der Waals surface area contributed by atoms with Gasteiger partial charge in [-0.15, -0.1) is 0 Å². The summed E-state index contributed by atoms with van der Waals surface area (Å²) < 4.78 is 28.5. The van der Waals surface area contributed by atoms with E-state index in [1.165, 1.54) is 38.5 Å². The van der Waals surface area contributed by atoms with Crippen molar-refractivity contribution in [3.63, 3.8) is 0 Å². The predicted octanol–water partition coefficient (Wildman–Crippen LogP) is 8.06. The number of unbranched alkanes of at least 4 members (excludes halogenated alkanes) is 7. The molecule has 0 N–H and O–H groups in total. The van der Waals surface area contributed by atoms with E-state index in [2.05, 4.69) is 6.92 Å². The molecule has 2 aliphatic rings. The third-order valence-corrected chi connectivity index (χ3v) is 7.70. The van der Waals surface area contributed by atoms with Crippen molar-refractivity contribution in [1.29, 1.82) is 0 Å². The van der Waals surface area contributed by atoms with Gasteiger partial charge in [-0.25, -0.2) is 9.59 Å². The van der Waals surface area contributed by atoms with Crippen LogP contribution in [-0.4, -0.2) is 37.0 Å². The first-order chi connectivity index (χ1) is 19.5. The summed E-state index contributed by atoms with van der Waals surface area (Å²) in [6.07, 6.45) is 13.9. The highest BCUT2D eigenvalue weighted by Gasteiger charge is 2.45. The van der Waals surface area contributed by atoms with Gasteiger partial charge in [-0.3, -0.25) is 0 Å². The van der Waals surface area contributed by atoms with Crippen molar-refractivity contribution < 1.29 is 33.3 Å². The molecule has 2 aromatic carbocycles. The summed E-state index contributed by atoms with van der Waals surface area (Å²) in [5.74, 6) is -0.474. The second-order valence-electron chi connectivity index (χ2n) is 10.6. The van der Waals surface area contributed by atoms with Gasteiger partial charge in [-0.2, -0.15) is 0 Å². The molecule has 40 heavy (non-hydrogen) atoms. The minimum absolute atomic E-state index is 0.195. The number of carbonyl (C=O) groups excluding carboxylic acids is 2. The van der Waals surface area contributed by atoms with Gasteiger partial charge in [0, 0.05) is 12.8 Å². The lowest BCUT2D eigenvalue weighted by Gasteiger charge is -2.31. The van der Waals surface area contributed by atoms with Crippen LogP contribution in [0.2, 0.25) is 5.02 Å². The van der Waals surface area contributed by atoms with E-state index in [4.69, 9.17) is 35.3 Å². The number of esters is 2. The van der Waals surface area contributed by atoms with E-state index in [-0.39, 0.29) is 6.61 Å². The molecule has 7 nitrogen and oxygen atoms in total. The fraction of sp³-hybridized carbons (Fsp3) is 0.562. The Morgan fingerprint density at radius 3 is 2.20 bits per heavy atom. The zero-order chi connectivity index (χ0) is 28.2. The van der Waals surface area contributed by atoms with Gasteiger partial charge in [0.1, 0.15) is 17.2 Å². The van der Waals surface area contributed by atoms with Crippen LogP contribution in [0.25, 0.3) is 0 Å². The van der Waals surface area contributed by atoms with E-state index in [0.717, 1.165) is 44.9 Å². The molecular formula is C32H41ClO7. The van der Waals surface area contributed by atoms with Crippen LogP contribution in [0.3, 0.4) is 0 Å². The van der Waals surface area contributed by atoms with Gasteiger partial charge in [-0.1, -0.05) is 69.9 Å². The second kappa shape index (κ2) is 15.4. The van der Waals surface area contributed by atoms with Gasteiger partial charge >= 0.3 is 11.9 Å². The van der Waals surface area contributed by atoms with E-state index in [1.54, 1.807) is 42.5 Å². The van der Waals surface area contributed by atoms with Gasteiger partial charge in [0.2, 0.25) is 0 Å². The molecule has 1 spiro atoms. The largest absolute Gasteiger partial charge is 0.492 e. The molecule has 0 amide bonds. The molecule has 2 fully saturated rings. The molecule has 1 saturated carbocycles. The zero-order valence-electron chi connectivity index (χ0n) is 23.5. The van der Waals surface area contributed by atoms with Crippen LogP contribution in [0.1, 0.15) is 101 Å². The van der Waals surface area contributed by atoms with Gasteiger partial charge < -0.3 is 23.7 Å². The zero-order valence-corrected chi connectivity index (χ0v) is 24.2. The fourth-order valence-electron chi connectivity index (χ4n) is 5.11. The Hall–Kier alpha value is -2.61. The molecule has 0 aromatic heterocycles. The van der Waals surface area contributed by atoms with Crippen LogP contribution in [0.15, 0.2) is 42.5 Å². The molecule has 0 bridgehead atoms. The van der Waals surface area contributed by atoms with Crippen molar-refractivity contribution in [1.82, 2.24) is 0 Å². The first kappa shape index (κ1) is 30.4. The first-order valence-corrected chi connectivity index (χ1v) is 15.1. The highest BCUT2D eigenvalue weighted by molar-refractivity contribution is 6.32. The van der Waals surface area contributed by atoms with Crippen molar-refractivity contribution in [2.24, 2.45) is 0 Å². The van der Waals surface area contributed by atoms with Gasteiger partial charge in [0.25, 0.3) is 0 Å². The average molecular weight is 573 g/mol. The van der Waals surface area contributed by atoms with Crippen molar-refractivity contribution >= 4 is 23.5 Å². The maximum absolute atomic E-state index is 12.7. The Kier molecular flexibility index (Phi) is 11.7.